The van der Waals surface area contributed by atoms with E-state index in [9.17, 15) is 4.57 Å². The van der Waals surface area contributed by atoms with E-state index in [-0.39, 0.29) is 12.2 Å². The van der Waals surface area contributed by atoms with Crippen molar-refractivity contribution in [3.63, 3.8) is 0 Å². The van der Waals surface area contributed by atoms with Crippen LogP contribution in [0.5, 0.6) is 0 Å². The molecule has 0 aliphatic carbocycles. The van der Waals surface area contributed by atoms with Crippen LogP contribution in [0.15, 0.2) is 0 Å². The van der Waals surface area contributed by atoms with Gasteiger partial charge in [0.15, 0.2) is 0 Å². The monoisotopic (exact) mass is 214 g/mol. The Balaban J connectivity index is 3.74. The molecule has 0 bridgehead atoms. The van der Waals surface area contributed by atoms with E-state index < -0.39 is 7.82 Å². The lowest BCUT2D eigenvalue weighted by Crippen LogP contribution is -2.07. The maximum Gasteiger partial charge on any atom is 0.526 e. The van der Waals surface area contributed by atoms with Gasteiger partial charge in [0, 0.05) is 0 Å². The Bertz CT molecular complexity index is 164. The van der Waals surface area contributed by atoms with Gasteiger partial charge in [-0.3, -0.25) is 4.89 Å². The van der Waals surface area contributed by atoms with Crippen molar-refractivity contribution in [2.24, 2.45) is 0 Å². The summed E-state index contributed by atoms with van der Waals surface area (Å²) in [4.78, 5) is 17.7. The average molecular weight is 214 g/mol. The second kappa shape index (κ2) is 5.70. The summed E-state index contributed by atoms with van der Waals surface area (Å²) in [6.07, 6.45) is -0.661. The lowest BCUT2D eigenvalue weighted by Gasteiger charge is -2.12. The Labute approximate surface area is 77.2 Å². The van der Waals surface area contributed by atoms with Crippen LogP contribution in [0.4, 0.5) is 0 Å². The van der Waals surface area contributed by atoms with Gasteiger partial charge in [0.2, 0.25) is 0 Å². The Morgan fingerprint density at radius 2 is 1.31 bits per heavy atom. The topological polar surface area (TPSA) is 74.2 Å². The maximum atomic E-state index is 10.9. The number of hydrogen-bond acceptors (Lipinski definition) is 5. The Kier molecular flexibility index (Phi) is 5.71. The van der Waals surface area contributed by atoms with Crippen LogP contribution in [0.1, 0.15) is 27.7 Å². The molecule has 0 atom stereocenters. The number of hydrogen-bond donors (Lipinski definition) is 1. The molecule has 0 unspecified atom stereocenters. The van der Waals surface area contributed by atoms with Crippen molar-refractivity contribution in [3.05, 3.63) is 0 Å². The van der Waals surface area contributed by atoms with Gasteiger partial charge < -0.3 is 0 Å². The first kappa shape index (κ1) is 13.0. The summed E-state index contributed by atoms with van der Waals surface area (Å²) in [6, 6.07) is 0. The minimum absolute atomic E-state index is 0.330. The van der Waals surface area contributed by atoms with E-state index in [1.54, 1.807) is 27.7 Å². The lowest BCUT2D eigenvalue weighted by atomic mass is 10.5. The van der Waals surface area contributed by atoms with Crippen LogP contribution >= 0.6 is 7.82 Å². The van der Waals surface area contributed by atoms with Crippen molar-refractivity contribution in [2.45, 2.75) is 39.9 Å². The third-order valence-corrected chi connectivity index (χ3v) is 1.21. The minimum atomic E-state index is -4.24. The number of rotatable bonds is 6. The first-order valence-electron chi connectivity index (χ1n) is 3.86. The smallest absolute Gasteiger partial charge is 0.299 e. The Hall–Kier alpha value is 0.0300. The fourth-order valence-corrected chi connectivity index (χ4v) is 0.880. The fraction of sp³-hybridized carbons (Fsp3) is 1.00. The molecular formula is C6H15O6P. The highest BCUT2D eigenvalue weighted by Crippen LogP contribution is 2.44. The maximum absolute atomic E-state index is 10.9. The van der Waals surface area contributed by atoms with Gasteiger partial charge in [0.25, 0.3) is 0 Å². The largest absolute Gasteiger partial charge is 0.526 e. The second-order valence-corrected chi connectivity index (χ2v) is 4.14. The zero-order chi connectivity index (χ0) is 10.5. The van der Waals surface area contributed by atoms with Crippen molar-refractivity contribution in [3.8, 4) is 0 Å². The average Bonchev–Trinajstić information content (AvgIpc) is 1.98. The third kappa shape index (κ3) is 8.36. The third-order valence-electron chi connectivity index (χ3n) is 0.659. The first-order valence-corrected chi connectivity index (χ1v) is 5.36. The quantitative estimate of drug-likeness (QED) is 0.413. The zero-order valence-corrected chi connectivity index (χ0v) is 8.98. The lowest BCUT2D eigenvalue weighted by molar-refractivity contribution is -0.302. The van der Waals surface area contributed by atoms with Crippen molar-refractivity contribution < 1.29 is 28.6 Å². The molecule has 0 spiro atoms. The highest BCUT2D eigenvalue weighted by atomic mass is 31.2. The van der Waals surface area contributed by atoms with E-state index in [0.29, 0.717) is 0 Å². The van der Waals surface area contributed by atoms with E-state index in [0.717, 1.165) is 0 Å². The predicted molar refractivity (Wildman–Crippen MR) is 44.4 cm³/mol. The van der Waals surface area contributed by atoms with Gasteiger partial charge in [0.05, 0.1) is 12.2 Å². The SMILES string of the molecule is CC(C)OOP(=O)(O)OOC(C)C. The van der Waals surface area contributed by atoms with Gasteiger partial charge >= 0.3 is 7.82 Å². The van der Waals surface area contributed by atoms with E-state index in [2.05, 4.69) is 19.1 Å². The summed E-state index contributed by atoms with van der Waals surface area (Å²) in [6.45, 7) is 6.57. The second-order valence-electron chi connectivity index (χ2n) is 2.91. The highest BCUT2D eigenvalue weighted by Gasteiger charge is 2.25. The van der Waals surface area contributed by atoms with Gasteiger partial charge in [-0.1, -0.05) is 0 Å². The van der Waals surface area contributed by atoms with Gasteiger partial charge in [-0.15, -0.1) is 9.35 Å². The van der Waals surface area contributed by atoms with Gasteiger partial charge in [-0.2, -0.15) is 0 Å². The van der Waals surface area contributed by atoms with E-state index >= 15 is 0 Å². The minimum Gasteiger partial charge on any atom is -0.299 e. The van der Waals surface area contributed by atoms with Crippen LogP contribution in [-0.2, 0) is 23.7 Å². The molecule has 0 saturated heterocycles. The Morgan fingerprint density at radius 3 is 1.54 bits per heavy atom. The van der Waals surface area contributed by atoms with Crippen LogP contribution < -0.4 is 0 Å². The summed E-state index contributed by atoms with van der Waals surface area (Å²) < 4.78 is 19.1. The molecule has 0 aliphatic rings. The molecule has 0 fully saturated rings. The summed E-state index contributed by atoms with van der Waals surface area (Å²) in [5, 5.41) is 0. The standard InChI is InChI=1S/C6H15O6P/c1-5(2)9-11-13(7,8)12-10-6(3)4/h5-6H,1-4H3,(H,7,8). The Morgan fingerprint density at radius 1 is 1.00 bits per heavy atom. The van der Waals surface area contributed by atoms with Crippen molar-refractivity contribution in [1.29, 1.82) is 0 Å². The molecule has 0 aromatic rings. The fourth-order valence-electron chi connectivity index (χ4n) is 0.293. The van der Waals surface area contributed by atoms with Crippen LogP contribution in [0.25, 0.3) is 0 Å². The highest BCUT2D eigenvalue weighted by molar-refractivity contribution is 7.47. The van der Waals surface area contributed by atoms with Crippen molar-refractivity contribution >= 4 is 7.82 Å². The zero-order valence-electron chi connectivity index (χ0n) is 8.09. The van der Waals surface area contributed by atoms with Crippen LogP contribution in [-0.4, -0.2) is 17.1 Å². The summed E-state index contributed by atoms with van der Waals surface area (Å²) in [5.74, 6) is 0. The molecule has 13 heavy (non-hydrogen) atoms. The molecule has 0 aromatic carbocycles. The predicted octanol–water partition coefficient (Wildman–Crippen LogP) is 1.80. The van der Waals surface area contributed by atoms with Crippen molar-refractivity contribution in [2.75, 3.05) is 0 Å². The van der Waals surface area contributed by atoms with Crippen LogP contribution in [0.3, 0.4) is 0 Å². The molecule has 80 valence electrons. The molecule has 0 rings (SSSR count). The normalized spacial score (nSPS) is 12.8. The molecular weight excluding hydrogens is 199 g/mol. The molecule has 0 aromatic heterocycles. The molecule has 0 saturated carbocycles. The summed E-state index contributed by atoms with van der Waals surface area (Å²) >= 11 is 0. The molecule has 6 nitrogen and oxygen atoms in total. The molecule has 0 heterocycles. The van der Waals surface area contributed by atoms with Gasteiger partial charge in [-0.05, 0) is 27.7 Å². The van der Waals surface area contributed by atoms with Gasteiger partial charge in [-0.25, -0.2) is 14.3 Å². The molecule has 7 heteroatoms. The van der Waals surface area contributed by atoms with E-state index in [4.69, 9.17) is 4.89 Å². The van der Waals surface area contributed by atoms with Crippen LogP contribution in [0, 0.1) is 0 Å². The molecule has 0 amide bonds. The van der Waals surface area contributed by atoms with Gasteiger partial charge in [0.1, 0.15) is 0 Å². The molecule has 0 aliphatic heterocycles. The van der Waals surface area contributed by atoms with E-state index in [1.807, 2.05) is 0 Å². The molecule has 1 N–H and O–H groups in total. The van der Waals surface area contributed by atoms with Crippen LogP contribution in [0.2, 0.25) is 0 Å². The number of phosphoric acid groups is 1. The van der Waals surface area contributed by atoms with Crippen molar-refractivity contribution in [1.82, 2.24) is 0 Å². The van der Waals surface area contributed by atoms with E-state index in [1.165, 1.54) is 0 Å². The summed E-state index contributed by atoms with van der Waals surface area (Å²) in [5.41, 5.74) is 0. The first-order chi connectivity index (χ1) is 5.83. The molecule has 0 radical (unpaired) electrons. The summed E-state index contributed by atoms with van der Waals surface area (Å²) in [7, 11) is -4.24.